The van der Waals surface area contributed by atoms with Gasteiger partial charge in [0.1, 0.15) is 0 Å². The summed E-state index contributed by atoms with van der Waals surface area (Å²) in [5, 5.41) is 1.17. The summed E-state index contributed by atoms with van der Waals surface area (Å²) < 4.78 is 0. The van der Waals surface area contributed by atoms with E-state index < -0.39 is 0 Å². The van der Waals surface area contributed by atoms with Crippen molar-refractivity contribution in [1.29, 1.82) is 0 Å². The van der Waals surface area contributed by atoms with Gasteiger partial charge in [0.15, 0.2) is 0 Å². The average Bonchev–Trinajstić information content (AvgIpc) is 3.37. The number of nitrogens with zero attached hydrogens (tertiary/aromatic N) is 2. The van der Waals surface area contributed by atoms with Gasteiger partial charge in [-0.2, -0.15) is 0 Å². The minimum absolute atomic E-state index is 0.130. The van der Waals surface area contributed by atoms with Gasteiger partial charge in [-0.3, -0.25) is 0 Å². The first-order chi connectivity index (χ1) is 17.8. The highest BCUT2D eigenvalue weighted by Gasteiger charge is 2.34. The Labute approximate surface area is 211 Å². The highest BCUT2D eigenvalue weighted by molar-refractivity contribution is 5.95. The number of para-hydroxylation sites is 2. The fourth-order valence-corrected chi connectivity index (χ4v) is 5.74. The molecule has 1 aliphatic heterocycles. The summed E-state index contributed by atoms with van der Waals surface area (Å²) in [7, 11) is 0. The van der Waals surface area contributed by atoms with Crippen LogP contribution in [0.15, 0.2) is 128 Å². The van der Waals surface area contributed by atoms with Crippen LogP contribution in [0.25, 0.3) is 22.0 Å². The number of benzene rings is 4. The molecule has 1 unspecified atom stereocenters. The second-order valence-electron chi connectivity index (χ2n) is 9.60. The Kier molecular flexibility index (Phi) is 5.03. The second-order valence-corrected chi connectivity index (χ2v) is 9.60. The van der Waals surface area contributed by atoms with E-state index in [0.29, 0.717) is 0 Å². The molecule has 0 fully saturated rings. The van der Waals surface area contributed by atoms with E-state index in [-0.39, 0.29) is 5.92 Å². The molecule has 7 rings (SSSR count). The number of fused-ring (bicyclic) bond motifs is 3. The van der Waals surface area contributed by atoms with Crippen LogP contribution in [0.3, 0.4) is 0 Å². The lowest BCUT2D eigenvalue weighted by molar-refractivity contribution is 0.917. The van der Waals surface area contributed by atoms with Crippen molar-refractivity contribution in [1.82, 2.24) is 4.98 Å². The predicted molar refractivity (Wildman–Crippen MR) is 150 cm³/mol. The topological polar surface area (TPSA) is 16.1 Å². The number of allylic oxidation sites excluding steroid dienone is 3. The maximum absolute atomic E-state index is 5.17. The molecule has 2 nitrogen and oxygen atoms in total. The Morgan fingerprint density at radius 2 is 1.47 bits per heavy atom. The van der Waals surface area contributed by atoms with E-state index >= 15 is 0 Å². The van der Waals surface area contributed by atoms with Crippen LogP contribution in [0.4, 0.5) is 5.69 Å². The third kappa shape index (κ3) is 3.54. The SMILES string of the molecule is C1=C(c2ccc3ccccc3n2)C(C2=CCc3ccccc32)c2ccccc2N1Cc1ccccc1. The van der Waals surface area contributed by atoms with E-state index in [9.17, 15) is 0 Å². The Balaban J connectivity index is 1.43. The fourth-order valence-electron chi connectivity index (χ4n) is 5.74. The third-order valence-corrected chi connectivity index (χ3v) is 7.43. The third-order valence-electron chi connectivity index (χ3n) is 7.43. The zero-order chi connectivity index (χ0) is 23.9. The maximum Gasteiger partial charge on any atom is 0.0709 e. The van der Waals surface area contributed by atoms with Crippen LogP contribution in [-0.2, 0) is 13.0 Å². The summed E-state index contributed by atoms with van der Waals surface area (Å²) in [6.45, 7) is 0.817. The first-order valence-corrected chi connectivity index (χ1v) is 12.6. The second kappa shape index (κ2) is 8.66. The van der Waals surface area contributed by atoms with Gasteiger partial charge in [0, 0.05) is 35.3 Å². The van der Waals surface area contributed by atoms with Crippen molar-refractivity contribution >= 4 is 27.7 Å². The number of hydrogen-bond donors (Lipinski definition) is 0. The van der Waals surface area contributed by atoms with Gasteiger partial charge in [0.2, 0.25) is 0 Å². The molecule has 0 saturated carbocycles. The van der Waals surface area contributed by atoms with E-state index in [1.807, 2.05) is 0 Å². The molecule has 1 atom stereocenters. The average molecular weight is 463 g/mol. The van der Waals surface area contributed by atoms with Crippen LogP contribution in [0.2, 0.25) is 0 Å². The quantitative estimate of drug-likeness (QED) is 0.269. The van der Waals surface area contributed by atoms with Crippen LogP contribution in [0.5, 0.6) is 0 Å². The summed E-state index contributed by atoms with van der Waals surface area (Å²) >= 11 is 0. The molecular formula is C34H26N2. The normalized spacial score (nSPS) is 16.3. The highest BCUT2D eigenvalue weighted by atomic mass is 15.1. The molecule has 0 N–H and O–H groups in total. The van der Waals surface area contributed by atoms with Gasteiger partial charge < -0.3 is 4.90 Å². The molecule has 0 saturated heterocycles. The smallest absolute Gasteiger partial charge is 0.0709 e. The molecule has 0 amide bonds. The van der Waals surface area contributed by atoms with Crippen LogP contribution in [-0.4, -0.2) is 4.98 Å². The molecule has 2 heteroatoms. The molecular weight excluding hydrogens is 436 g/mol. The van der Waals surface area contributed by atoms with E-state index in [1.54, 1.807) is 0 Å². The first kappa shape index (κ1) is 20.9. The summed E-state index contributed by atoms with van der Waals surface area (Å²) in [6.07, 6.45) is 5.75. The molecule has 2 aliphatic rings. The zero-order valence-corrected chi connectivity index (χ0v) is 20.0. The number of rotatable bonds is 4. The van der Waals surface area contributed by atoms with Gasteiger partial charge in [-0.25, -0.2) is 4.98 Å². The van der Waals surface area contributed by atoms with E-state index in [1.165, 1.54) is 44.5 Å². The van der Waals surface area contributed by atoms with Crippen LogP contribution in [0, 0.1) is 0 Å². The molecule has 2 heterocycles. The van der Waals surface area contributed by atoms with Crippen molar-refractivity contribution in [2.24, 2.45) is 0 Å². The molecule has 0 spiro atoms. The lowest BCUT2D eigenvalue weighted by Gasteiger charge is -2.36. The Morgan fingerprint density at radius 3 is 2.42 bits per heavy atom. The van der Waals surface area contributed by atoms with E-state index in [4.69, 9.17) is 4.98 Å². The van der Waals surface area contributed by atoms with E-state index in [2.05, 4.69) is 132 Å². The zero-order valence-electron chi connectivity index (χ0n) is 20.0. The Morgan fingerprint density at radius 1 is 0.694 bits per heavy atom. The minimum atomic E-state index is 0.130. The van der Waals surface area contributed by atoms with Crippen molar-refractivity contribution in [3.63, 3.8) is 0 Å². The highest BCUT2D eigenvalue weighted by Crippen LogP contribution is 2.51. The first-order valence-electron chi connectivity index (χ1n) is 12.6. The fraction of sp³-hybridized carbons (Fsp3) is 0.0882. The van der Waals surface area contributed by atoms with Gasteiger partial charge in [0.05, 0.1) is 11.2 Å². The van der Waals surface area contributed by atoms with Gasteiger partial charge in [-0.05, 0) is 52.4 Å². The predicted octanol–water partition coefficient (Wildman–Crippen LogP) is 8.02. The molecule has 4 aromatic carbocycles. The number of pyridine rings is 1. The summed E-state index contributed by atoms with van der Waals surface area (Å²) in [5.74, 6) is 0.130. The molecule has 5 aromatic rings. The largest absolute Gasteiger partial charge is 0.343 e. The molecule has 0 bridgehead atoms. The molecule has 0 radical (unpaired) electrons. The minimum Gasteiger partial charge on any atom is -0.343 e. The maximum atomic E-state index is 5.17. The standard InChI is InChI=1S/C34H26N2/c1-2-10-24(11-3-1)22-36-23-30(32-21-19-26-13-5-8-16-31(26)35-32)34(29-15-7-9-17-33(29)36)28-20-18-25-12-4-6-14-27(25)28/h1-17,19-21,23,34H,18,22H2. The van der Waals surface area contributed by atoms with Gasteiger partial charge in [0.25, 0.3) is 0 Å². The van der Waals surface area contributed by atoms with Crippen molar-refractivity contribution in [3.8, 4) is 0 Å². The molecule has 172 valence electrons. The molecule has 1 aromatic heterocycles. The van der Waals surface area contributed by atoms with Gasteiger partial charge >= 0.3 is 0 Å². The summed E-state index contributed by atoms with van der Waals surface area (Å²) in [6, 6.07) is 41.2. The monoisotopic (exact) mass is 462 g/mol. The Bertz CT molecular complexity index is 1640. The lowest BCUT2D eigenvalue weighted by atomic mass is 9.78. The van der Waals surface area contributed by atoms with Crippen molar-refractivity contribution in [2.75, 3.05) is 4.90 Å². The molecule has 1 aliphatic carbocycles. The summed E-state index contributed by atoms with van der Waals surface area (Å²) in [5.41, 5.74) is 11.4. The van der Waals surface area contributed by atoms with Crippen LogP contribution < -0.4 is 4.90 Å². The van der Waals surface area contributed by atoms with Crippen molar-refractivity contribution in [3.05, 3.63) is 155 Å². The van der Waals surface area contributed by atoms with Gasteiger partial charge in [-0.1, -0.05) is 103 Å². The van der Waals surface area contributed by atoms with Crippen molar-refractivity contribution < 1.29 is 0 Å². The van der Waals surface area contributed by atoms with Gasteiger partial charge in [-0.15, -0.1) is 0 Å². The van der Waals surface area contributed by atoms with Crippen LogP contribution in [0.1, 0.15) is 33.9 Å². The van der Waals surface area contributed by atoms with E-state index in [0.717, 1.165) is 24.2 Å². The van der Waals surface area contributed by atoms with Crippen molar-refractivity contribution in [2.45, 2.75) is 18.9 Å². The Hall–Kier alpha value is -4.43. The lowest BCUT2D eigenvalue weighted by Crippen LogP contribution is -2.24. The molecule has 36 heavy (non-hydrogen) atoms. The number of anilines is 1. The number of hydrogen-bond acceptors (Lipinski definition) is 2. The van der Waals surface area contributed by atoms with Crippen LogP contribution >= 0.6 is 0 Å². The summed E-state index contributed by atoms with van der Waals surface area (Å²) in [4.78, 5) is 7.57. The number of aromatic nitrogens is 1.